The largest absolute Gasteiger partial charge is 0.341 e. The van der Waals surface area contributed by atoms with E-state index in [1.165, 1.54) is 0 Å². The first-order valence-corrected chi connectivity index (χ1v) is 9.27. The summed E-state index contributed by atoms with van der Waals surface area (Å²) in [5.74, 6) is 0.355. The lowest BCUT2D eigenvalue weighted by Crippen LogP contribution is -2.48. The number of nitrogens with one attached hydrogen (secondary N) is 1. The van der Waals surface area contributed by atoms with Crippen LogP contribution in [0.2, 0.25) is 0 Å². The second kappa shape index (κ2) is 8.62. The minimum absolute atomic E-state index is 0.00774. The summed E-state index contributed by atoms with van der Waals surface area (Å²) in [7, 11) is 0. The predicted octanol–water partition coefficient (Wildman–Crippen LogP) is 3.00. The van der Waals surface area contributed by atoms with Crippen molar-refractivity contribution in [1.82, 2.24) is 4.90 Å². The second-order valence-electron chi connectivity index (χ2n) is 6.80. The Kier molecular flexibility index (Phi) is 6.80. The van der Waals surface area contributed by atoms with Crippen LogP contribution in [-0.4, -0.2) is 35.8 Å². The highest BCUT2D eigenvalue weighted by Crippen LogP contribution is 2.24. The molecule has 2 amide bonds. The van der Waals surface area contributed by atoms with E-state index >= 15 is 0 Å². The number of likely N-dealkylation sites (tertiary alicyclic amines) is 1. The third-order valence-electron chi connectivity index (χ3n) is 4.35. The van der Waals surface area contributed by atoms with Crippen LogP contribution in [-0.2, 0) is 9.59 Å². The van der Waals surface area contributed by atoms with Crippen molar-refractivity contribution in [3.63, 3.8) is 0 Å². The molecule has 24 heavy (non-hydrogen) atoms. The average molecular weight is 396 g/mol. The number of para-hydroxylation sites is 1. The fourth-order valence-electron chi connectivity index (χ4n) is 3.00. The lowest BCUT2D eigenvalue weighted by Gasteiger charge is -2.33. The van der Waals surface area contributed by atoms with Crippen molar-refractivity contribution in [2.75, 3.05) is 18.4 Å². The van der Waals surface area contributed by atoms with Crippen LogP contribution >= 0.6 is 15.9 Å². The van der Waals surface area contributed by atoms with Gasteiger partial charge in [-0.05, 0) is 53.2 Å². The van der Waals surface area contributed by atoms with Crippen molar-refractivity contribution in [2.45, 2.75) is 39.2 Å². The summed E-state index contributed by atoms with van der Waals surface area (Å²) in [6.07, 6.45) is 2.05. The predicted molar refractivity (Wildman–Crippen MR) is 99.5 cm³/mol. The van der Waals surface area contributed by atoms with Gasteiger partial charge in [0.2, 0.25) is 11.8 Å². The molecule has 1 saturated heterocycles. The van der Waals surface area contributed by atoms with Crippen LogP contribution in [0.15, 0.2) is 28.7 Å². The van der Waals surface area contributed by atoms with Gasteiger partial charge in [-0.2, -0.15) is 0 Å². The Balaban J connectivity index is 1.85. The lowest BCUT2D eigenvalue weighted by molar-refractivity contribution is -0.136. The van der Waals surface area contributed by atoms with Gasteiger partial charge >= 0.3 is 0 Å². The van der Waals surface area contributed by atoms with Gasteiger partial charge in [-0.15, -0.1) is 0 Å². The molecular weight excluding hydrogens is 370 g/mol. The van der Waals surface area contributed by atoms with Crippen LogP contribution in [0.5, 0.6) is 0 Å². The van der Waals surface area contributed by atoms with Crippen molar-refractivity contribution >= 4 is 33.4 Å². The van der Waals surface area contributed by atoms with E-state index in [1.54, 1.807) is 4.90 Å². The molecule has 0 unspecified atom stereocenters. The van der Waals surface area contributed by atoms with E-state index in [9.17, 15) is 9.59 Å². The average Bonchev–Trinajstić information content (AvgIpc) is 2.55. The van der Waals surface area contributed by atoms with Crippen molar-refractivity contribution < 1.29 is 9.59 Å². The van der Waals surface area contributed by atoms with Crippen molar-refractivity contribution in [3.05, 3.63) is 28.7 Å². The number of piperidine rings is 1. The number of nitrogens with two attached hydrogens (primary N) is 1. The number of carbonyl (C=O) groups is 2. The molecule has 0 saturated carbocycles. The van der Waals surface area contributed by atoms with Gasteiger partial charge in [0.05, 0.1) is 11.7 Å². The van der Waals surface area contributed by atoms with Gasteiger partial charge in [0.15, 0.2) is 0 Å². The molecule has 1 aliphatic rings. The van der Waals surface area contributed by atoms with Gasteiger partial charge in [-0.3, -0.25) is 9.59 Å². The van der Waals surface area contributed by atoms with Crippen molar-refractivity contribution in [1.29, 1.82) is 0 Å². The summed E-state index contributed by atoms with van der Waals surface area (Å²) >= 11 is 3.43. The molecule has 1 aliphatic heterocycles. The Labute approximate surface area is 152 Å². The smallest absolute Gasteiger partial charge is 0.239 e. The van der Waals surface area contributed by atoms with Gasteiger partial charge < -0.3 is 16.0 Å². The molecular formula is C18H26BrN3O2. The Bertz CT molecular complexity index is 583. The minimum atomic E-state index is -0.435. The van der Waals surface area contributed by atoms with Gasteiger partial charge in [0, 0.05) is 23.5 Å². The Morgan fingerprint density at radius 2 is 1.92 bits per heavy atom. The highest BCUT2D eigenvalue weighted by atomic mass is 79.9. The first-order valence-electron chi connectivity index (χ1n) is 8.48. The van der Waals surface area contributed by atoms with E-state index in [2.05, 4.69) is 35.1 Å². The second-order valence-corrected chi connectivity index (χ2v) is 7.66. The molecule has 0 aliphatic carbocycles. The van der Waals surface area contributed by atoms with E-state index in [1.807, 2.05) is 24.3 Å². The van der Waals surface area contributed by atoms with Crippen LogP contribution in [0.1, 0.15) is 33.1 Å². The van der Waals surface area contributed by atoms with Crippen LogP contribution in [0.25, 0.3) is 0 Å². The Morgan fingerprint density at radius 1 is 1.29 bits per heavy atom. The number of nitrogens with zero attached hydrogens (tertiary/aromatic N) is 1. The molecule has 5 nitrogen and oxygen atoms in total. The summed E-state index contributed by atoms with van der Waals surface area (Å²) in [5.41, 5.74) is 6.76. The third-order valence-corrected chi connectivity index (χ3v) is 5.04. The third kappa shape index (κ3) is 5.05. The van der Waals surface area contributed by atoms with Crippen molar-refractivity contribution in [3.8, 4) is 0 Å². The summed E-state index contributed by atoms with van der Waals surface area (Å²) in [5, 5.41) is 2.96. The number of halogens is 1. The monoisotopic (exact) mass is 395 g/mol. The molecule has 1 aromatic rings. The van der Waals surface area contributed by atoms with Gasteiger partial charge in [-0.25, -0.2) is 0 Å². The lowest BCUT2D eigenvalue weighted by atomic mass is 9.94. The van der Waals surface area contributed by atoms with E-state index in [0.717, 1.165) is 10.2 Å². The van der Waals surface area contributed by atoms with Crippen LogP contribution in [0.4, 0.5) is 5.69 Å². The summed E-state index contributed by atoms with van der Waals surface area (Å²) in [6.45, 7) is 5.31. The maximum atomic E-state index is 12.4. The molecule has 1 atom stereocenters. The summed E-state index contributed by atoms with van der Waals surface area (Å²) < 4.78 is 0.866. The van der Waals surface area contributed by atoms with Gasteiger partial charge in [0.1, 0.15) is 0 Å². The van der Waals surface area contributed by atoms with E-state index < -0.39 is 6.04 Å². The zero-order valence-electron chi connectivity index (χ0n) is 14.3. The SMILES string of the molecule is CC(C)C[C@H](N)C(=O)N1CCC(C(=O)Nc2ccccc2Br)CC1. The maximum absolute atomic E-state index is 12.4. The van der Waals surface area contributed by atoms with E-state index in [4.69, 9.17) is 5.73 Å². The van der Waals surface area contributed by atoms with Gasteiger partial charge in [-0.1, -0.05) is 26.0 Å². The van der Waals surface area contributed by atoms with E-state index in [0.29, 0.717) is 38.3 Å². The number of carbonyl (C=O) groups excluding carboxylic acids is 2. The zero-order valence-corrected chi connectivity index (χ0v) is 15.9. The molecule has 0 radical (unpaired) electrons. The Hall–Kier alpha value is -1.40. The molecule has 6 heteroatoms. The zero-order chi connectivity index (χ0) is 17.7. The highest BCUT2D eigenvalue weighted by molar-refractivity contribution is 9.10. The number of amides is 2. The number of anilines is 1. The molecule has 2 rings (SSSR count). The minimum Gasteiger partial charge on any atom is -0.341 e. The molecule has 0 aromatic heterocycles. The normalized spacial score (nSPS) is 17.0. The number of hydrogen-bond acceptors (Lipinski definition) is 3. The molecule has 132 valence electrons. The first-order chi connectivity index (χ1) is 11.4. The number of rotatable bonds is 5. The van der Waals surface area contributed by atoms with Crippen molar-refractivity contribution in [2.24, 2.45) is 17.6 Å². The first kappa shape index (κ1) is 18.9. The quantitative estimate of drug-likeness (QED) is 0.804. The molecule has 3 N–H and O–H groups in total. The number of hydrogen-bond donors (Lipinski definition) is 2. The maximum Gasteiger partial charge on any atom is 0.239 e. The van der Waals surface area contributed by atoms with Crippen LogP contribution < -0.4 is 11.1 Å². The van der Waals surface area contributed by atoms with E-state index in [-0.39, 0.29) is 17.7 Å². The summed E-state index contributed by atoms with van der Waals surface area (Å²) in [6, 6.07) is 7.12. The molecule has 0 spiro atoms. The molecule has 0 bridgehead atoms. The fourth-order valence-corrected chi connectivity index (χ4v) is 3.39. The topological polar surface area (TPSA) is 75.4 Å². The fraction of sp³-hybridized carbons (Fsp3) is 0.556. The van der Waals surface area contributed by atoms with Crippen LogP contribution in [0.3, 0.4) is 0 Å². The Morgan fingerprint density at radius 3 is 2.50 bits per heavy atom. The van der Waals surface area contributed by atoms with Crippen LogP contribution in [0, 0.1) is 11.8 Å². The number of benzene rings is 1. The summed E-state index contributed by atoms with van der Waals surface area (Å²) in [4.78, 5) is 26.6. The highest BCUT2D eigenvalue weighted by Gasteiger charge is 2.29. The molecule has 1 fully saturated rings. The molecule has 1 heterocycles. The standard InChI is InChI=1S/C18H26BrN3O2/c1-12(2)11-15(20)18(24)22-9-7-13(8-10-22)17(23)21-16-6-4-3-5-14(16)19/h3-6,12-13,15H,7-11,20H2,1-2H3,(H,21,23)/t15-/m0/s1. The molecule has 1 aromatic carbocycles. The van der Waals surface area contributed by atoms with Gasteiger partial charge in [0.25, 0.3) is 0 Å².